The van der Waals surface area contributed by atoms with E-state index in [2.05, 4.69) is 18.1 Å². The minimum Gasteiger partial charge on any atom is -0.509 e. The van der Waals surface area contributed by atoms with Crippen LogP contribution in [0.15, 0.2) is 90.4 Å². The van der Waals surface area contributed by atoms with Crippen LogP contribution in [0.1, 0.15) is 25.3 Å². The summed E-state index contributed by atoms with van der Waals surface area (Å²) in [7, 11) is 0. The highest BCUT2D eigenvalue weighted by atomic mass is 19.1. The maximum absolute atomic E-state index is 12.6. The number of allylic oxidation sites excluding steroid dienone is 5. The zero-order valence-corrected chi connectivity index (χ0v) is 19.0. The minimum absolute atomic E-state index is 0.0592. The lowest BCUT2D eigenvalue weighted by molar-refractivity contribution is -0.137. The van der Waals surface area contributed by atoms with Gasteiger partial charge in [0.2, 0.25) is 5.89 Å². The van der Waals surface area contributed by atoms with Crippen LogP contribution in [-0.2, 0) is 4.79 Å². The number of benzene rings is 1. The van der Waals surface area contributed by atoms with E-state index in [0.717, 1.165) is 17.0 Å². The largest absolute Gasteiger partial charge is 0.509 e. The number of carboxylic acids is 1. The number of aliphatic hydroxyl groups excluding tert-OH is 1. The molecule has 1 aromatic heterocycles. The van der Waals surface area contributed by atoms with E-state index in [0.29, 0.717) is 5.89 Å². The van der Waals surface area contributed by atoms with Gasteiger partial charge in [-0.15, -0.1) is 0 Å². The maximum atomic E-state index is 12.6. The van der Waals surface area contributed by atoms with Crippen molar-refractivity contribution in [1.82, 2.24) is 9.88 Å². The average Bonchev–Trinajstić information content (AvgIpc) is 3.09. The lowest BCUT2D eigenvalue weighted by atomic mass is 10.2. The van der Waals surface area contributed by atoms with Crippen LogP contribution < -0.4 is 0 Å². The molecule has 2 rings (SSSR count). The average molecular weight is 443 g/mol. The first-order valence-corrected chi connectivity index (χ1v) is 9.92. The summed E-state index contributed by atoms with van der Waals surface area (Å²) in [5, 5.41) is 17.4. The molecule has 0 atom stereocenters. The van der Waals surface area contributed by atoms with E-state index in [1.807, 2.05) is 27.7 Å². The highest BCUT2D eigenvalue weighted by molar-refractivity contribution is 5.69. The number of oxazole rings is 1. The molecule has 1 aromatic carbocycles. The molecule has 0 radical (unpaired) electrons. The molecular weight excluding hydrogens is 411 g/mol. The van der Waals surface area contributed by atoms with Crippen molar-refractivity contribution in [2.45, 2.75) is 27.7 Å². The Morgan fingerprint density at radius 1 is 1.12 bits per heavy atom. The summed E-state index contributed by atoms with van der Waals surface area (Å²) in [6.07, 6.45) is 10.9. The molecule has 0 saturated heterocycles. The fraction of sp³-hybridized carbons (Fsp3) is 0.200. The summed E-state index contributed by atoms with van der Waals surface area (Å²) in [5.41, 5.74) is 1.66. The summed E-state index contributed by atoms with van der Waals surface area (Å²) in [4.78, 5) is 16.2. The molecule has 0 aliphatic rings. The molecule has 0 amide bonds. The number of hydrogen-bond donors (Lipinski definition) is 2. The second kappa shape index (κ2) is 15.9. The molecule has 0 unspecified atom stereocenters. The van der Waals surface area contributed by atoms with Crippen molar-refractivity contribution < 1.29 is 23.8 Å². The van der Waals surface area contributed by atoms with Crippen molar-refractivity contribution in [3.63, 3.8) is 0 Å². The molecule has 0 aliphatic heterocycles. The fourth-order valence-corrected chi connectivity index (χ4v) is 2.00. The van der Waals surface area contributed by atoms with Crippen molar-refractivity contribution >= 4 is 5.97 Å². The van der Waals surface area contributed by atoms with Gasteiger partial charge in [-0.25, -0.2) is 9.37 Å². The summed E-state index contributed by atoms with van der Waals surface area (Å²) < 4.78 is 18.0. The molecular formula is C25H31FN2O4. The molecule has 0 aliphatic carbocycles. The van der Waals surface area contributed by atoms with Gasteiger partial charge in [0.1, 0.15) is 23.9 Å². The standard InChI is InChI=1S/C12H15NO3.C11H10FNO.C2H6/c1-3-4-8-13(10-12(15)16)9-6-5-7-11(2)14;1-7-8(2)14-11(13-7)9-3-5-10(12)6-4-9;1-2/h3-9,14H,1-2,10H2,(H,15,16);3-6H,1-2H3;1-2H3/b7-5+,8-4+,9-6-;;. The highest BCUT2D eigenvalue weighted by Gasteiger charge is 2.07. The number of rotatable bonds is 8. The smallest absolute Gasteiger partial charge is 0.323 e. The van der Waals surface area contributed by atoms with E-state index in [1.165, 1.54) is 23.1 Å². The van der Waals surface area contributed by atoms with E-state index >= 15 is 0 Å². The number of carbonyl (C=O) groups is 1. The Hall–Kier alpha value is -3.87. The molecule has 0 saturated carbocycles. The Balaban J connectivity index is 0.000000559. The molecule has 32 heavy (non-hydrogen) atoms. The van der Waals surface area contributed by atoms with Crippen molar-refractivity contribution in [2.75, 3.05) is 6.54 Å². The van der Waals surface area contributed by atoms with Crippen LogP contribution in [0.25, 0.3) is 11.5 Å². The Bertz CT molecular complexity index is 922. The number of aromatic nitrogens is 1. The van der Waals surface area contributed by atoms with Crippen LogP contribution in [0.3, 0.4) is 0 Å². The lowest BCUT2D eigenvalue weighted by Gasteiger charge is -2.10. The Kier molecular flexibility index (Phi) is 14.0. The predicted molar refractivity (Wildman–Crippen MR) is 126 cm³/mol. The van der Waals surface area contributed by atoms with Crippen molar-refractivity contribution in [2.24, 2.45) is 0 Å². The van der Waals surface area contributed by atoms with E-state index in [9.17, 15) is 9.18 Å². The van der Waals surface area contributed by atoms with Gasteiger partial charge in [0.25, 0.3) is 0 Å². The highest BCUT2D eigenvalue weighted by Crippen LogP contribution is 2.21. The molecule has 6 nitrogen and oxygen atoms in total. The topological polar surface area (TPSA) is 86.8 Å². The van der Waals surface area contributed by atoms with Gasteiger partial charge in [-0.2, -0.15) is 0 Å². The van der Waals surface area contributed by atoms with Crippen LogP contribution >= 0.6 is 0 Å². The lowest BCUT2D eigenvalue weighted by Crippen LogP contribution is -2.19. The van der Waals surface area contributed by atoms with Crippen LogP contribution in [0.4, 0.5) is 4.39 Å². The van der Waals surface area contributed by atoms with Crippen LogP contribution in [0.5, 0.6) is 0 Å². The third-order valence-corrected chi connectivity index (χ3v) is 3.53. The third kappa shape index (κ3) is 12.0. The molecule has 0 bridgehead atoms. The predicted octanol–water partition coefficient (Wildman–Crippen LogP) is 6.34. The second-order valence-corrected chi connectivity index (χ2v) is 6.00. The maximum Gasteiger partial charge on any atom is 0.323 e. The minimum atomic E-state index is -0.936. The first-order chi connectivity index (χ1) is 15.2. The number of hydrogen-bond acceptors (Lipinski definition) is 5. The van der Waals surface area contributed by atoms with Crippen molar-refractivity contribution in [1.29, 1.82) is 0 Å². The molecule has 172 valence electrons. The SMILES string of the molecule is C=C/C=C/N(/C=C\C=C\C(=C)O)CC(=O)O.CC.Cc1nc(-c2ccc(F)cc2)oc1C. The quantitative estimate of drug-likeness (QED) is 0.366. The first-order valence-electron chi connectivity index (χ1n) is 9.92. The van der Waals surface area contributed by atoms with E-state index in [1.54, 1.807) is 48.8 Å². The van der Waals surface area contributed by atoms with Crippen molar-refractivity contribution in [3.8, 4) is 11.5 Å². The molecule has 2 aromatic rings. The monoisotopic (exact) mass is 442 g/mol. The number of aryl methyl sites for hydroxylation is 2. The van der Waals surface area contributed by atoms with Gasteiger partial charge in [0.15, 0.2) is 0 Å². The van der Waals surface area contributed by atoms with Gasteiger partial charge >= 0.3 is 5.97 Å². The molecule has 0 spiro atoms. The molecule has 2 N–H and O–H groups in total. The van der Waals surface area contributed by atoms with Gasteiger partial charge in [-0.3, -0.25) is 4.79 Å². The zero-order chi connectivity index (χ0) is 24.5. The third-order valence-electron chi connectivity index (χ3n) is 3.53. The number of aliphatic hydroxyl groups is 1. The summed E-state index contributed by atoms with van der Waals surface area (Å²) in [6, 6.07) is 6.09. The number of halogens is 1. The van der Waals surface area contributed by atoms with Crippen LogP contribution in [0.2, 0.25) is 0 Å². The second-order valence-electron chi connectivity index (χ2n) is 6.00. The van der Waals surface area contributed by atoms with Gasteiger partial charge in [0.05, 0.1) is 5.69 Å². The Morgan fingerprint density at radius 2 is 1.72 bits per heavy atom. The van der Waals surface area contributed by atoms with Gasteiger partial charge in [-0.1, -0.05) is 39.2 Å². The number of nitrogens with zero attached hydrogens (tertiary/aromatic N) is 2. The van der Waals surface area contributed by atoms with Crippen LogP contribution in [-0.4, -0.2) is 32.6 Å². The summed E-state index contributed by atoms with van der Waals surface area (Å²) in [5.74, 6) is 0.0862. The summed E-state index contributed by atoms with van der Waals surface area (Å²) >= 11 is 0. The normalized spacial score (nSPS) is 10.4. The summed E-state index contributed by atoms with van der Waals surface area (Å²) in [6.45, 7) is 14.4. The molecule has 1 heterocycles. The Morgan fingerprint density at radius 3 is 2.19 bits per heavy atom. The zero-order valence-electron chi connectivity index (χ0n) is 19.0. The van der Waals surface area contributed by atoms with Gasteiger partial charge < -0.3 is 19.5 Å². The van der Waals surface area contributed by atoms with E-state index in [4.69, 9.17) is 14.6 Å². The van der Waals surface area contributed by atoms with E-state index in [-0.39, 0.29) is 18.1 Å². The van der Waals surface area contributed by atoms with Gasteiger partial charge in [0, 0.05) is 18.0 Å². The van der Waals surface area contributed by atoms with Gasteiger partial charge in [-0.05, 0) is 56.3 Å². The van der Waals surface area contributed by atoms with E-state index < -0.39 is 5.97 Å². The number of carboxylic acid groups (broad SMARTS) is 1. The molecule has 0 fully saturated rings. The van der Waals surface area contributed by atoms with Crippen molar-refractivity contribution in [3.05, 3.63) is 103 Å². The molecule has 7 heteroatoms. The van der Waals surface area contributed by atoms with Crippen LogP contribution in [0, 0.1) is 19.7 Å². The first kappa shape index (κ1) is 28.1. The Labute approximate surface area is 189 Å². The number of aliphatic carboxylic acids is 1. The fourth-order valence-electron chi connectivity index (χ4n) is 2.00.